The molecule has 0 aliphatic heterocycles. The van der Waals surface area contributed by atoms with Crippen LogP contribution in [-0.2, 0) is 6.42 Å². The van der Waals surface area contributed by atoms with Gasteiger partial charge in [-0.05, 0) is 42.7 Å². The van der Waals surface area contributed by atoms with Gasteiger partial charge in [0.05, 0.1) is 10.0 Å². The largest absolute Gasteiger partial charge is 0.352 e. The summed E-state index contributed by atoms with van der Waals surface area (Å²) in [6, 6.07) is 8.77. The average molecular weight is 309 g/mol. The number of hydrogen-bond donors (Lipinski definition) is 1. The van der Waals surface area contributed by atoms with Gasteiger partial charge >= 0.3 is 0 Å². The van der Waals surface area contributed by atoms with Crippen LogP contribution >= 0.6 is 23.2 Å². The number of carbonyl (C=O) groups is 1. The van der Waals surface area contributed by atoms with E-state index < -0.39 is 0 Å². The molecule has 1 aromatic heterocycles. The summed E-state index contributed by atoms with van der Waals surface area (Å²) in [7, 11) is 0. The Morgan fingerprint density at radius 2 is 2.05 bits per heavy atom. The van der Waals surface area contributed by atoms with E-state index in [4.69, 9.17) is 23.2 Å². The number of nitrogens with zero attached hydrogens (tertiary/aromatic N) is 1. The average Bonchev–Trinajstić information content (AvgIpc) is 2.47. The maximum absolute atomic E-state index is 11.9. The minimum absolute atomic E-state index is 0.144. The monoisotopic (exact) mass is 308 g/mol. The number of benzene rings is 1. The summed E-state index contributed by atoms with van der Waals surface area (Å²) in [5.41, 5.74) is 1.68. The Morgan fingerprint density at radius 3 is 2.75 bits per heavy atom. The minimum Gasteiger partial charge on any atom is -0.352 e. The number of aromatic nitrogens is 1. The zero-order valence-electron chi connectivity index (χ0n) is 10.8. The van der Waals surface area contributed by atoms with Crippen molar-refractivity contribution >= 4 is 29.1 Å². The number of pyridine rings is 1. The number of rotatable bonds is 5. The Balaban J connectivity index is 1.79. The van der Waals surface area contributed by atoms with Crippen LogP contribution in [0.4, 0.5) is 0 Å². The van der Waals surface area contributed by atoms with Crippen LogP contribution in [0.5, 0.6) is 0 Å². The minimum atomic E-state index is -0.144. The van der Waals surface area contributed by atoms with Crippen LogP contribution in [0.1, 0.15) is 22.3 Å². The molecule has 0 unspecified atom stereocenters. The van der Waals surface area contributed by atoms with E-state index in [-0.39, 0.29) is 5.91 Å². The molecule has 0 aliphatic rings. The van der Waals surface area contributed by atoms with E-state index in [0.29, 0.717) is 22.2 Å². The molecular formula is C15H14Cl2N2O. The first-order valence-electron chi connectivity index (χ1n) is 6.29. The first-order chi connectivity index (χ1) is 9.66. The maximum atomic E-state index is 11.9. The molecule has 1 aromatic carbocycles. The summed E-state index contributed by atoms with van der Waals surface area (Å²) in [5, 5.41) is 3.68. The van der Waals surface area contributed by atoms with E-state index in [0.717, 1.165) is 18.4 Å². The first kappa shape index (κ1) is 14.8. The summed E-state index contributed by atoms with van der Waals surface area (Å²) >= 11 is 11.7. The molecule has 5 heteroatoms. The standard InChI is InChI=1S/C15H14Cl2N2O/c16-13-6-5-12(9-14(13)17)15(20)19-8-2-4-11-3-1-7-18-10-11/h1,3,5-7,9-10H,2,4,8H2,(H,19,20). The predicted octanol–water partition coefficient (Wildman–Crippen LogP) is 3.75. The lowest BCUT2D eigenvalue weighted by Gasteiger charge is -2.06. The number of carbonyl (C=O) groups excluding carboxylic acids is 1. The third kappa shape index (κ3) is 4.22. The van der Waals surface area contributed by atoms with Crippen molar-refractivity contribution in [3.05, 3.63) is 63.9 Å². The molecule has 2 rings (SSSR count). The zero-order valence-corrected chi connectivity index (χ0v) is 12.3. The van der Waals surface area contributed by atoms with Gasteiger partial charge < -0.3 is 5.32 Å². The van der Waals surface area contributed by atoms with Gasteiger partial charge in [-0.15, -0.1) is 0 Å². The lowest BCUT2D eigenvalue weighted by Crippen LogP contribution is -2.24. The van der Waals surface area contributed by atoms with Crippen molar-refractivity contribution in [3.8, 4) is 0 Å². The second-order valence-corrected chi connectivity index (χ2v) is 5.16. The highest BCUT2D eigenvalue weighted by Crippen LogP contribution is 2.22. The molecule has 0 saturated carbocycles. The van der Waals surface area contributed by atoms with Gasteiger partial charge in [-0.25, -0.2) is 0 Å². The van der Waals surface area contributed by atoms with E-state index in [9.17, 15) is 4.79 Å². The second kappa shape index (κ2) is 7.27. The molecular weight excluding hydrogens is 295 g/mol. The summed E-state index contributed by atoms with van der Waals surface area (Å²) in [4.78, 5) is 15.9. The molecule has 3 nitrogen and oxygen atoms in total. The molecule has 0 radical (unpaired) electrons. The summed E-state index contributed by atoms with van der Waals surface area (Å²) in [6.45, 7) is 0.605. The highest BCUT2D eigenvalue weighted by Gasteiger charge is 2.07. The SMILES string of the molecule is O=C(NCCCc1cccnc1)c1ccc(Cl)c(Cl)c1. The molecule has 2 aromatic rings. The topological polar surface area (TPSA) is 42.0 Å². The summed E-state index contributed by atoms with van der Waals surface area (Å²) < 4.78 is 0. The number of halogens is 2. The smallest absolute Gasteiger partial charge is 0.251 e. The van der Waals surface area contributed by atoms with Crippen molar-refractivity contribution in [2.45, 2.75) is 12.8 Å². The fourth-order valence-electron chi connectivity index (χ4n) is 1.78. The Kier molecular flexibility index (Phi) is 5.39. The normalized spacial score (nSPS) is 10.3. The quantitative estimate of drug-likeness (QED) is 0.855. The maximum Gasteiger partial charge on any atom is 0.251 e. The molecule has 0 bridgehead atoms. The van der Waals surface area contributed by atoms with Crippen molar-refractivity contribution in [1.82, 2.24) is 10.3 Å². The number of nitrogens with one attached hydrogen (secondary N) is 1. The van der Waals surface area contributed by atoms with Crippen LogP contribution in [0.2, 0.25) is 10.0 Å². The lowest BCUT2D eigenvalue weighted by molar-refractivity contribution is 0.0953. The van der Waals surface area contributed by atoms with Gasteiger partial charge in [-0.2, -0.15) is 0 Å². The van der Waals surface area contributed by atoms with Crippen LogP contribution in [0.3, 0.4) is 0 Å². The lowest BCUT2D eigenvalue weighted by atomic mass is 10.1. The van der Waals surface area contributed by atoms with Crippen molar-refractivity contribution in [3.63, 3.8) is 0 Å². The second-order valence-electron chi connectivity index (χ2n) is 4.35. The van der Waals surface area contributed by atoms with E-state index in [2.05, 4.69) is 10.3 Å². The highest BCUT2D eigenvalue weighted by molar-refractivity contribution is 6.42. The number of amides is 1. The first-order valence-corrected chi connectivity index (χ1v) is 7.04. The van der Waals surface area contributed by atoms with Gasteiger partial charge in [0.15, 0.2) is 0 Å². The molecule has 0 atom stereocenters. The molecule has 1 N–H and O–H groups in total. The van der Waals surface area contributed by atoms with Crippen molar-refractivity contribution in [1.29, 1.82) is 0 Å². The van der Waals surface area contributed by atoms with E-state index in [1.165, 1.54) is 0 Å². The van der Waals surface area contributed by atoms with E-state index >= 15 is 0 Å². The van der Waals surface area contributed by atoms with Crippen LogP contribution in [0.25, 0.3) is 0 Å². The van der Waals surface area contributed by atoms with Gasteiger partial charge in [-0.3, -0.25) is 9.78 Å². The molecule has 0 spiro atoms. The van der Waals surface area contributed by atoms with Gasteiger partial charge in [0.1, 0.15) is 0 Å². The van der Waals surface area contributed by atoms with E-state index in [1.54, 1.807) is 24.4 Å². The zero-order chi connectivity index (χ0) is 14.4. The molecule has 104 valence electrons. The summed E-state index contributed by atoms with van der Waals surface area (Å²) in [6.07, 6.45) is 5.32. The number of aryl methyl sites for hydroxylation is 1. The Labute approximate surface area is 127 Å². The molecule has 1 heterocycles. The molecule has 1 amide bonds. The van der Waals surface area contributed by atoms with Crippen LogP contribution in [0.15, 0.2) is 42.7 Å². The fraction of sp³-hybridized carbons (Fsp3) is 0.200. The van der Waals surface area contributed by atoms with Crippen LogP contribution < -0.4 is 5.32 Å². The Hall–Kier alpha value is -1.58. The molecule has 0 aliphatic carbocycles. The third-order valence-corrected chi connectivity index (χ3v) is 3.57. The summed E-state index contributed by atoms with van der Waals surface area (Å²) in [5.74, 6) is -0.144. The van der Waals surface area contributed by atoms with E-state index in [1.807, 2.05) is 18.3 Å². The molecule has 20 heavy (non-hydrogen) atoms. The van der Waals surface area contributed by atoms with Crippen molar-refractivity contribution in [2.75, 3.05) is 6.54 Å². The Morgan fingerprint density at radius 1 is 1.20 bits per heavy atom. The molecule has 0 saturated heterocycles. The van der Waals surface area contributed by atoms with Crippen molar-refractivity contribution < 1.29 is 4.79 Å². The predicted molar refractivity (Wildman–Crippen MR) is 81.4 cm³/mol. The Bertz CT molecular complexity index is 588. The fourth-order valence-corrected chi connectivity index (χ4v) is 2.08. The highest BCUT2D eigenvalue weighted by atomic mass is 35.5. The van der Waals surface area contributed by atoms with Gasteiger partial charge in [0.2, 0.25) is 0 Å². The molecule has 0 fully saturated rings. The van der Waals surface area contributed by atoms with Crippen molar-refractivity contribution in [2.24, 2.45) is 0 Å². The van der Waals surface area contributed by atoms with Gasteiger partial charge in [0, 0.05) is 24.5 Å². The van der Waals surface area contributed by atoms with Crippen LogP contribution in [-0.4, -0.2) is 17.4 Å². The van der Waals surface area contributed by atoms with Gasteiger partial charge in [0.25, 0.3) is 5.91 Å². The van der Waals surface area contributed by atoms with Crippen LogP contribution in [0, 0.1) is 0 Å². The number of hydrogen-bond acceptors (Lipinski definition) is 2. The third-order valence-electron chi connectivity index (χ3n) is 2.83. The van der Waals surface area contributed by atoms with Gasteiger partial charge in [-0.1, -0.05) is 29.3 Å².